The molecular formula is C29H36N6O7. The summed E-state index contributed by atoms with van der Waals surface area (Å²) in [4.78, 5) is 64.7. The Morgan fingerprint density at radius 2 is 1.60 bits per heavy atom. The SMILES string of the molecule is C[C@H](O)[C@@H](NC(=O)[C@@H](N)Cc1ccc(O)cc1)C(=O)NCC(=O)N[C@@H](Cc1ccccc1)C(=O)N1CC=C[C@H]1C(N)=O. The lowest BCUT2D eigenvalue weighted by Gasteiger charge is -2.28. The quantitative estimate of drug-likeness (QED) is 0.134. The number of primary amides is 1. The van der Waals surface area contributed by atoms with E-state index >= 15 is 0 Å². The number of nitrogens with one attached hydrogen (secondary N) is 3. The van der Waals surface area contributed by atoms with Crippen molar-refractivity contribution < 1.29 is 34.2 Å². The molecule has 0 spiro atoms. The molecule has 0 aromatic heterocycles. The van der Waals surface area contributed by atoms with E-state index in [4.69, 9.17) is 11.5 Å². The van der Waals surface area contributed by atoms with Crippen LogP contribution in [0, 0.1) is 0 Å². The smallest absolute Gasteiger partial charge is 0.246 e. The van der Waals surface area contributed by atoms with Crippen LogP contribution in [-0.2, 0) is 36.8 Å². The summed E-state index contributed by atoms with van der Waals surface area (Å²) >= 11 is 0. The third-order valence-corrected chi connectivity index (χ3v) is 6.66. The zero-order valence-corrected chi connectivity index (χ0v) is 23.1. The Bertz CT molecular complexity index is 1300. The third kappa shape index (κ3) is 8.88. The van der Waals surface area contributed by atoms with Crippen molar-refractivity contribution in [2.75, 3.05) is 13.1 Å². The molecule has 0 bridgehead atoms. The number of carbonyl (C=O) groups excluding carboxylic acids is 5. The number of aliphatic hydroxyl groups excluding tert-OH is 1. The maximum Gasteiger partial charge on any atom is 0.246 e. The van der Waals surface area contributed by atoms with E-state index in [1.54, 1.807) is 48.5 Å². The number of hydrogen-bond acceptors (Lipinski definition) is 8. The van der Waals surface area contributed by atoms with Gasteiger partial charge >= 0.3 is 0 Å². The van der Waals surface area contributed by atoms with Gasteiger partial charge in [0.05, 0.1) is 18.7 Å². The monoisotopic (exact) mass is 580 g/mol. The average Bonchev–Trinajstić information content (AvgIpc) is 3.46. The molecule has 224 valence electrons. The highest BCUT2D eigenvalue weighted by molar-refractivity contribution is 5.95. The lowest BCUT2D eigenvalue weighted by Crippen LogP contribution is -2.58. The van der Waals surface area contributed by atoms with Crippen molar-refractivity contribution in [2.45, 2.75) is 50.0 Å². The van der Waals surface area contributed by atoms with Crippen LogP contribution in [0.2, 0.25) is 0 Å². The minimum absolute atomic E-state index is 0.0605. The molecule has 0 radical (unpaired) electrons. The van der Waals surface area contributed by atoms with Crippen molar-refractivity contribution in [1.29, 1.82) is 0 Å². The fraction of sp³-hybridized carbons (Fsp3) is 0.345. The van der Waals surface area contributed by atoms with E-state index in [-0.39, 0.29) is 25.1 Å². The molecule has 5 atom stereocenters. The number of rotatable bonds is 13. The first-order chi connectivity index (χ1) is 20.0. The number of aliphatic hydroxyl groups is 1. The number of carbonyl (C=O) groups is 5. The number of amides is 5. The zero-order chi connectivity index (χ0) is 30.8. The van der Waals surface area contributed by atoms with Gasteiger partial charge in [-0.3, -0.25) is 24.0 Å². The minimum Gasteiger partial charge on any atom is -0.508 e. The lowest BCUT2D eigenvalue weighted by molar-refractivity contribution is -0.140. The predicted octanol–water partition coefficient (Wildman–Crippen LogP) is -1.78. The van der Waals surface area contributed by atoms with Gasteiger partial charge in [0.2, 0.25) is 29.5 Å². The Labute approximate surface area is 242 Å². The fourth-order valence-corrected chi connectivity index (χ4v) is 4.41. The highest BCUT2D eigenvalue weighted by Crippen LogP contribution is 2.14. The first-order valence-electron chi connectivity index (χ1n) is 13.4. The van der Waals surface area contributed by atoms with E-state index in [1.807, 2.05) is 0 Å². The molecule has 0 unspecified atom stereocenters. The summed E-state index contributed by atoms with van der Waals surface area (Å²) < 4.78 is 0. The van der Waals surface area contributed by atoms with Crippen molar-refractivity contribution in [3.05, 3.63) is 77.9 Å². The fourth-order valence-electron chi connectivity index (χ4n) is 4.41. The van der Waals surface area contributed by atoms with E-state index in [2.05, 4.69) is 16.0 Å². The van der Waals surface area contributed by atoms with Crippen LogP contribution < -0.4 is 27.4 Å². The molecule has 9 N–H and O–H groups in total. The second-order valence-electron chi connectivity index (χ2n) is 10.00. The summed E-state index contributed by atoms with van der Waals surface area (Å²) in [6, 6.07) is 10.6. The second-order valence-corrected chi connectivity index (χ2v) is 10.00. The van der Waals surface area contributed by atoms with Gasteiger partial charge in [-0.2, -0.15) is 0 Å². The first kappa shape index (κ1) is 31.8. The topological polar surface area (TPSA) is 217 Å². The number of nitrogens with two attached hydrogens (primary N) is 2. The molecule has 1 heterocycles. The van der Waals surface area contributed by atoms with Crippen molar-refractivity contribution in [3.63, 3.8) is 0 Å². The summed E-state index contributed by atoms with van der Waals surface area (Å²) in [5.74, 6) is -3.42. The van der Waals surface area contributed by atoms with Crippen LogP contribution >= 0.6 is 0 Å². The maximum absolute atomic E-state index is 13.3. The molecule has 1 aliphatic rings. The van der Waals surface area contributed by atoms with E-state index in [9.17, 15) is 34.2 Å². The molecule has 42 heavy (non-hydrogen) atoms. The van der Waals surface area contributed by atoms with Crippen molar-refractivity contribution in [1.82, 2.24) is 20.9 Å². The number of phenolic OH excluding ortho intramolecular Hbond substituents is 1. The average molecular weight is 581 g/mol. The number of phenols is 1. The summed E-state index contributed by atoms with van der Waals surface area (Å²) in [7, 11) is 0. The van der Waals surface area contributed by atoms with Crippen molar-refractivity contribution in [2.24, 2.45) is 11.5 Å². The van der Waals surface area contributed by atoms with Gasteiger partial charge in [-0.05, 0) is 36.6 Å². The third-order valence-electron chi connectivity index (χ3n) is 6.66. The van der Waals surface area contributed by atoms with Gasteiger partial charge in [0.25, 0.3) is 0 Å². The molecule has 0 aliphatic carbocycles. The molecule has 0 saturated heterocycles. The molecule has 1 aliphatic heterocycles. The van der Waals surface area contributed by atoms with Gasteiger partial charge in [-0.25, -0.2) is 0 Å². The Morgan fingerprint density at radius 3 is 2.21 bits per heavy atom. The van der Waals surface area contributed by atoms with E-state index in [0.717, 1.165) is 5.56 Å². The van der Waals surface area contributed by atoms with Gasteiger partial charge in [0, 0.05) is 13.0 Å². The maximum atomic E-state index is 13.3. The number of aromatic hydroxyl groups is 1. The van der Waals surface area contributed by atoms with Crippen molar-refractivity contribution >= 4 is 29.5 Å². The van der Waals surface area contributed by atoms with Crippen molar-refractivity contribution in [3.8, 4) is 5.75 Å². The largest absolute Gasteiger partial charge is 0.508 e. The molecule has 0 fully saturated rings. The van der Waals surface area contributed by atoms with E-state index in [0.29, 0.717) is 5.56 Å². The number of hydrogen-bond donors (Lipinski definition) is 7. The highest BCUT2D eigenvalue weighted by Gasteiger charge is 2.34. The van der Waals surface area contributed by atoms with Crippen LogP contribution in [0.1, 0.15) is 18.1 Å². The molecule has 2 aromatic rings. The Hall–Kier alpha value is -4.75. The van der Waals surface area contributed by atoms with Crippen LogP contribution in [0.4, 0.5) is 0 Å². The van der Waals surface area contributed by atoms with Gasteiger partial charge in [0.15, 0.2) is 0 Å². The Kier molecular flexibility index (Phi) is 11.2. The summed E-state index contributed by atoms with van der Waals surface area (Å²) in [5, 5.41) is 26.9. The molecule has 0 saturated carbocycles. The standard InChI is InChI=1S/C29H36N6O7/c1-17(36)25(34-27(40)21(30)14-19-9-11-20(37)12-10-19)28(41)32-16-24(38)33-22(15-18-6-3-2-4-7-18)29(42)35-13-5-8-23(35)26(31)39/h2-12,17,21-23,25,36-37H,13-16,30H2,1H3,(H2,31,39)(H,32,41)(H,33,38)(H,34,40)/t17-,21-,22-,23-,25+/m0/s1. The second kappa shape index (κ2) is 14.8. The van der Waals surface area contributed by atoms with Crippen LogP contribution in [-0.4, -0.2) is 88.0 Å². The number of nitrogens with zero attached hydrogens (tertiary/aromatic N) is 1. The van der Waals surface area contributed by atoms with Crippen LogP contribution in [0.3, 0.4) is 0 Å². The normalized spacial score (nSPS) is 17.0. The molecule has 3 rings (SSSR count). The predicted molar refractivity (Wildman–Crippen MR) is 152 cm³/mol. The summed E-state index contributed by atoms with van der Waals surface area (Å²) in [6.07, 6.45) is 2.06. The first-order valence-corrected chi connectivity index (χ1v) is 13.4. The summed E-state index contributed by atoms with van der Waals surface area (Å²) in [5.41, 5.74) is 12.8. The van der Waals surface area contributed by atoms with Gasteiger partial charge in [0.1, 0.15) is 23.9 Å². The zero-order valence-electron chi connectivity index (χ0n) is 23.1. The van der Waals surface area contributed by atoms with Gasteiger partial charge in [-0.15, -0.1) is 0 Å². The van der Waals surface area contributed by atoms with Crippen LogP contribution in [0.15, 0.2) is 66.7 Å². The molecule has 13 heteroatoms. The number of benzene rings is 2. The van der Waals surface area contributed by atoms with E-state index < -0.39 is 66.4 Å². The van der Waals surface area contributed by atoms with E-state index in [1.165, 1.54) is 30.0 Å². The highest BCUT2D eigenvalue weighted by atomic mass is 16.3. The molecule has 5 amide bonds. The Balaban J connectivity index is 1.60. The van der Waals surface area contributed by atoms with Gasteiger partial charge in [-0.1, -0.05) is 54.6 Å². The van der Waals surface area contributed by atoms with Crippen LogP contribution in [0.5, 0.6) is 5.75 Å². The molecular weight excluding hydrogens is 544 g/mol. The molecule has 13 nitrogen and oxygen atoms in total. The summed E-state index contributed by atoms with van der Waals surface area (Å²) in [6.45, 7) is 0.881. The molecule has 2 aromatic carbocycles. The van der Waals surface area contributed by atoms with Gasteiger partial charge < -0.3 is 42.5 Å². The lowest BCUT2D eigenvalue weighted by atomic mass is 10.0. The van der Waals surface area contributed by atoms with Crippen LogP contribution in [0.25, 0.3) is 0 Å². The minimum atomic E-state index is -1.41. The Morgan fingerprint density at radius 1 is 0.952 bits per heavy atom.